The van der Waals surface area contributed by atoms with Gasteiger partial charge < -0.3 is 15.0 Å². The van der Waals surface area contributed by atoms with Crippen LogP contribution in [-0.2, 0) is 6.54 Å². The Morgan fingerprint density at radius 3 is 2.70 bits per heavy atom. The normalized spacial score (nSPS) is 11.7. The number of nitrogens with zero attached hydrogens (tertiary/aromatic N) is 2. The van der Waals surface area contributed by atoms with Gasteiger partial charge in [-0.05, 0) is 25.1 Å². The largest absolute Gasteiger partial charge is 0.434 e. The second-order valence-corrected chi connectivity index (χ2v) is 4.63. The van der Waals surface area contributed by atoms with E-state index in [1.54, 1.807) is 6.07 Å². The summed E-state index contributed by atoms with van der Waals surface area (Å²) in [5, 5.41) is 3.53. The van der Waals surface area contributed by atoms with Crippen LogP contribution in [0.4, 0.5) is 8.78 Å². The Kier molecular flexibility index (Phi) is 6.51. The van der Waals surface area contributed by atoms with Crippen molar-refractivity contribution in [3.63, 3.8) is 0 Å². The summed E-state index contributed by atoms with van der Waals surface area (Å²) >= 11 is 5.87. The number of benzene rings is 1. The van der Waals surface area contributed by atoms with Gasteiger partial charge in [-0.25, -0.2) is 4.99 Å². The number of halogens is 3. The van der Waals surface area contributed by atoms with E-state index in [4.69, 9.17) is 11.6 Å². The van der Waals surface area contributed by atoms with Gasteiger partial charge in [-0.1, -0.05) is 11.6 Å². The second-order valence-electron chi connectivity index (χ2n) is 4.20. The summed E-state index contributed by atoms with van der Waals surface area (Å²) in [6.07, 6.45) is 0. The molecule has 0 atom stereocenters. The van der Waals surface area contributed by atoms with Crippen LogP contribution in [0.2, 0.25) is 5.02 Å². The Bertz CT molecular complexity index is 467. The van der Waals surface area contributed by atoms with E-state index in [-0.39, 0.29) is 12.3 Å². The number of aliphatic imine (C=N–C) groups is 1. The summed E-state index contributed by atoms with van der Waals surface area (Å²) in [6.45, 7) is -0.0132. The van der Waals surface area contributed by atoms with Crippen LogP contribution < -0.4 is 10.1 Å². The number of hydrogen-bond donors (Lipinski definition) is 1. The van der Waals surface area contributed by atoms with Crippen LogP contribution in [0.3, 0.4) is 0 Å². The van der Waals surface area contributed by atoms with Gasteiger partial charge >= 0.3 is 6.61 Å². The molecular formula is C13H18ClF2N3O. The number of ether oxygens (including phenoxy) is 1. The van der Waals surface area contributed by atoms with Crippen LogP contribution in [0.1, 0.15) is 12.5 Å². The van der Waals surface area contributed by atoms with Crippen molar-refractivity contribution in [1.29, 1.82) is 0 Å². The third-order valence-electron chi connectivity index (χ3n) is 2.40. The Labute approximate surface area is 122 Å². The zero-order chi connectivity index (χ0) is 15.1. The second kappa shape index (κ2) is 7.89. The molecular weight excluding hydrogens is 288 g/mol. The minimum absolute atomic E-state index is 0.0859. The Morgan fingerprint density at radius 1 is 1.45 bits per heavy atom. The lowest BCUT2D eigenvalue weighted by Gasteiger charge is -2.17. The molecule has 0 spiro atoms. The number of guanidine groups is 1. The molecule has 4 nitrogen and oxygen atoms in total. The lowest BCUT2D eigenvalue weighted by atomic mass is 10.2. The smallest absolute Gasteiger partial charge is 0.387 e. The summed E-state index contributed by atoms with van der Waals surface area (Å²) in [7, 11) is 3.69. The first-order valence-corrected chi connectivity index (χ1v) is 6.50. The zero-order valence-electron chi connectivity index (χ0n) is 11.7. The molecule has 1 N–H and O–H groups in total. The van der Waals surface area contributed by atoms with Crippen LogP contribution in [0, 0.1) is 0 Å². The summed E-state index contributed by atoms with van der Waals surface area (Å²) in [6, 6.07) is 4.49. The predicted octanol–water partition coefficient (Wildman–Crippen LogP) is 2.97. The first kappa shape index (κ1) is 16.5. The molecule has 0 saturated carbocycles. The highest BCUT2D eigenvalue weighted by molar-refractivity contribution is 6.30. The third kappa shape index (κ3) is 5.21. The minimum Gasteiger partial charge on any atom is -0.434 e. The highest BCUT2D eigenvalue weighted by Crippen LogP contribution is 2.25. The maximum atomic E-state index is 12.3. The van der Waals surface area contributed by atoms with Gasteiger partial charge in [0.15, 0.2) is 5.96 Å². The van der Waals surface area contributed by atoms with Gasteiger partial charge in [-0.2, -0.15) is 8.78 Å². The van der Waals surface area contributed by atoms with Gasteiger partial charge in [-0.3, -0.25) is 0 Å². The molecule has 1 aromatic rings. The molecule has 0 fully saturated rings. The summed E-state index contributed by atoms with van der Waals surface area (Å²) in [5.74, 6) is 0.748. The third-order valence-corrected chi connectivity index (χ3v) is 2.63. The van der Waals surface area contributed by atoms with Crippen molar-refractivity contribution >= 4 is 17.6 Å². The molecule has 0 aliphatic rings. The molecule has 0 bridgehead atoms. The lowest BCUT2D eigenvalue weighted by Crippen LogP contribution is -2.36. The lowest BCUT2D eigenvalue weighted by molar-refractivity contribution is -0.0504. The van der Waals surface area contributed by atoms with Gasteiger partial charge in [-0.15, -0.1) is 0 Å². The van der Waals surface area contributed by atoms with Crippen molar-refractivity contribution in [3.8, 4) is 5.75 Å². The fourth-order valence-electron chi connectivity index (χ4n) is 1.56. The van der Waals surface area contributed by atoms with E-state index in [1.165, 1.54) is 12.1 Å². The summed E-state index contributed by atoms with van der Waals surface area (Å²) in [4.78, 5) is 6.15. The van der Waals surface area contributed by atoms with E-state index in [2.05, 4.69) is 15.0 Å². The monoisotopic (exact) mass is 305 g/mol. The van der Waals surface area contributed by atoms with Crippen molar-refractivity contribution in [2.24, 2.45) is 4.99 Å². The van der Waals surface area contributed by atoms with Crippen LogP contribution in [0.25, 0.3) is 0 Å². The first-order valence-electron chi connectivity index (χ1n) is 6.13. The maximum Gasteiger partial charge on any atom is 0.387 e. The first-order chi connectivity index (χ1) is 9.43. The number of alkyl halides is 2. The van der Waals surface area contributed by atoms with Crippen molar-refractivity contribution in [2.75, 3.05) is 20.6 Å². The molecule has 20 heavy (non-hydrogen) atoms. The van der Waals surface area contributed by atoms with Gasteiger partial charge in [0.25, 0.3) is 0 Å². The zero-order valence-corrected chi connectivity index (χ0v) is 12.4. The predicted molar refractivity (Wildman–Crippen MR) is 76.6 cm³/mol. The minimum atomic E-state index is -2.87. The Balaban J connectivity index is 2.94. The van der Waals surface area contributed by atoms with Crippen LogP contribution >= 0.6 is 11.6 Å². The van der Waals surface area contributed by atoms with Gasteiger partial charge in [0, 0.05) is 31.2 Å². The molecule has 0 aliphatic heterocycles. The average molecular weight is 306 g/mol. The average Bonchev–Trinajstić information content (AvgIpc) is 2.36. The van der Waals surface area contributed by atoms with E-state index >= 15 is 0 Å². The van der Waals surface area contributed by atoms with Crippen molar-refractivity contribution < 1.29 is 13.5 Å². The van der Waals surface area contributed by atoms with Gasteiger partial charge in [0.2, 0.25) is 0 Å². The number of rotatable bonds is 5. The molecule has 0 aliphatic carbocycles. The highest BCUT2D eigenvalue weighted by Gasteiger charge is 2.10. The van der Waals surface area contributed by atoms with Crippen molar-refractivity contribution in [2.45, 2.75) is 20.1 Å². The fourth-order valence-corrected chi connectivity index (χ4v) is 1.75. The topological polar surface area (TPSA) is 36.9 Å². The van der Waals surface area contributed by atoms with Crippen LogP contribution in [0.5, 0.6) is 5.75 Å². The molecule has 112 valence electrons. The SMILES string of the molecule is CCNC(=NCc1cc(Cl)ccc1OC(F)F)N(C)C. The van der Waals surface area contributed by atoms with E-state index in [0.29, 0.717) is 23.1 Å². The Morgan fingerprint density at radius 2 is 2.15 bits per heavy atom. The van der Waals surface area contributed by atoms with Gasteiger partial charge in [0.1, 0.15) is 5.75 Å². The highest BCUT2D eigenvalue weighted by atomic mass is 35.5. The molecule has 0 saturated heterocycles. The van der Waals surface area contributed by atoms with Crippen LogP contribution in [-0.4, -0.2) is 38.1 Å². The van der Waals surface area contributed by atoms with E-state index < -0.39 is 6.61 Å². The fraction of sp³-hybridized carbons (Fsp3) is 0.462. The maximum absolute atomic E-state index is 12.3. The summed E-state index contributed by atoms with van der Waals surface area (Å²) in [5.41, 5.74) is 0.509. The van der Waals surface area contributed by atoms with E-state index in [0.717, 1.165) is 0 Å². The molecule has 1 aromatic carbocycles. The van der Waals surface area contributed by atoms with Crippen molar-refractivity contribution in [3.05, 3.63) is 28.8 Å². The molecule has 7 heteroatoms. The van der Waals surface area contributed by atoms with E-state index in [9.17, 15) is 8.78 Å². The van der Waals surface area contributed by atoms with Crippen molar-refractivity contribution in [1.82, 2.24) is 10.2 Å². The van der Waals surface area contributed by atoms with E-state index in [1.807, 2.05) is 25.9 Å². The molecule has 0 aromatic heterocycles. The molecule has 0 heterocycles. The molecule has 0 amide bonds. The Hall–Kier alpha value is -1.56. The number of hydrogen-bond acceptors (Lipinski definition) is 2. The quantitative estimate of drug-likeness (QED) is 0.671. The molecule has 0 radical (unpaired) electrons. The molecule has 0 unspecified atom stereocenters. The summed E-state index contributed by atoms with van der Waals surface area (Å²) < 4.78 is 29.1. The van der Waals surface area contributed by atoms with Crippen LogP contribution in [0.15, 0.2) is 23.2 Å². The van der Waals surface area contributed by atoms with Gasteiger partial charge in [0.05, 0.1) is 6.54 Å². The standard InChI is InChI=1S/C13H18ClF2N3O/c1-4-17-13(19(2)3)18-8-9-7-10(14)5-6-11(9)20-12(15)16/h5-7,12H,4,8H2,1-3H3,(H,17,18). The number of nitrogens with one attached hydrogen (secondary N) is 1. The molecule has 1 rings (SSSR count).